The summed E-state index contributed by atoms with van der Waals surface area (Å²) >= 11 is 0. The molecule has 0 bridgehead atoms. The van der Waals surface area contributed by atoms with Crippen LogP contribution < -0.4 is 15.4 Å². The van der Waals surface area contributed by atoms with Crippen LogP contribution in [0.3, 0.4) is 0 Å². The predicted molar refractivity (Wildman–Crippen MR) is 132 cm³/mol. The normalized spacial score (nSPS) is 21.0. The Bertz CT molecular complexity index is 965. The van der Waals surface area contributed by atoms with Crippen molar-refractivity contribution < 1.29 is 23.9 Å². The quantitative estimate of drug-likeness (QED) is 0.546. The fourth-order valence-electron chi connectivity index (χ4n) is 4.56. The lowest BCUT2D eigenvalue weighted by atomic mass is 9.93. The molecule has 1 aromatic rings. The van der Waals surface area contributed by atoms with E-state index in [0.717, 1.165) is 6.42 Å². The molecular formula is C25H37N5O5. The molecule has 0 unspecified atom stereocenters. The van der Waals surface area contributed by atoms with Gasteiger partial charge in [-0.05, 0) is 26.3 Å². The topological polar surface area (TPSA) is 103 Å². The number of carbonyl (C=O) groups is 3. The van der Waals surface area contributed by atoms with Gasteiger partial charge >= 0.3 is 18.0 Å². The van der Waals surface area contributed by atoms with Gasteiger partial charge in [-0.15, -0.1) is 0 Å². The largest absolute Gasteiger partial charge is 0.496 e. The number of benzene rings is 1. The third-order valence-corrected chi connectivity index (χ3v) is 6.39. The van der Waals surface area contributed by atoms with Crippen molar-refractivity contribution in [3.05, 3.63) is 41.1 Å². The van der Waals surface area contributed by atoms with Crippen molar-refractivity contribution in [1.29, 1.82) is 0 Å². The number of amides is 4. The number of hydrogen-bond donors (Lipinski definition) is 2. The zero-order valence-corrected chi connectivity index (χ0v) is 21.3. The monoisotopic (exact) mass is 487 g/mol. The van der Waals surface area contributed by atoms with Crippen LogP contribution in [0.15, 0.2) is 35.5 Å². The van der Waals surface area contributed by atoms with Crippen molar-refractivity contribution >= 4 is 18.0 Å². The van der Waals surface area contributed by atoms with E-state index in [0.29, 0.717) is 55.3 Å². The van der Waals surface area contributed by atoms with E-state index in [1.165, 1.54) is 4.90 Å². The third-order valence-electron chi connectivity index (χ3n) is 6.39. The van der Waals surface area contributed by atoms with Crippen LogP contribution in [0.4, 0.5) is 9.59 Å². The van der Waals surface area contributed by atoms with Crippen molar-refractivity contribution in [3.8, 4) is 5.75 Å². The summed E-state index contributed by atoms with van der Waals surface area (Å²) in [5.41, 5.74) is 1.65. The van der Waals surface area contributed by atoms with Crippen molar-refractivity contribution in [2.45, 2.75) is 39.3 Å². The fraction of sp³-hybridized carbons (Fsp3) is 0.560. The maximum Gasteiger partial charge on any atom is 0.338 e. The molecule has 10 heteroatoms. The molecule has 2 atom stereocenters. The van der Waals surface area contributed by atoms with Crippen LogP contribution in [0.1, 0.15) is 38.8 Å². The Hall–Kier alpha value is -3.27. The van der Waals surface area contributed by atoms with Gasteiger partial charge in [-0.25, -0.2) is 14.4 Å². The zero-order valence-electron chi connectivity index (χ0n) is 21.3. The summed E-state index contributed by atoms with van der Waals surface area (Å²) in [5.74, 6) is 0.0970. The van der Waals surface area contributed by atoms with Gasteiger partial charge in [-0.3, -0.25) is 9.80 Å². The second-order valence-corrected chi connectivity index (χ2v) is 8.77. The van der Waals surface area contributed by atoms with Gasteiger partial charge in [0, 0.05) is 57.1 Å². The van der Waals surface area contributed by atoms with Crippen molar-refractivity contribution in [2.24, 2.45) is 0 Å². The fourth-order valence-corrected chi connectivity index (χ4v) is 4.56. The Balaban J connectivity index is 1.92. The molecule has 192 valence electrons. The SMILES string of the molecule is CCCNC(=O)N1CCN(CC2=C(C(=O)OCC)[C@H](c3ccccc3OC)NC(=O)N2C)C[C@H]1C. The average Bonchev–Trinajstić information content (AvgIpc) is 2.85. The number of rotatable bonds is 8. The van der Waals surface area contributed by atoms with Crippen LogP contribution in [0.25, 0.3) is 0 Å². The predicted octanol–water partition coefficient (Wildman–Crippen LogP) is 2.33. The number of carbonyl (C=O) groups excluding carboxylic acids is 3. The molecule has 3 rings (SSSR count). The molecule has 10 nitrogen and oxygen atoms in total. The van der Waals surface area contributed by atoms with E-state index < -0.39 is 12.0 Å². The Morgan fingerprint density at radius 3 is 2.60 bits per heavy atom. The summed E-state index contributed by atoms with van der Waals surface area (Å²) in [7, 11) is 3.21. The summed E-state index contributed by atoms with van der Waals surface area (Å²) < 4.78 is 10.9. The number of nitrogens with one attached hydrogen (secondary N) is 2. The van der Waals surface area contributed by atoms with Crippen molar-refractivity contribution in [1.82, 2.24) is 25.3 Å². The van der Waals surface area contributed by atoms with Crippen LogP contribution in [0, 0.1) is 0 Å². The van der Waals surface area contributed by atoms with Gasteiger partial charge in [0.2, 0.25) is 0 Å². The standard InChI is InChI=1S/C25H37N5O5/c1-6-12-26-24(32)30-14-13-29(15-17(30)3)16-19-21(23(31)35-7-2)22(27-25(33)28(19)4)18-10-8-9-11-20(18)34-5/h8-11,17,22H,6-7,12-16H2,1-5H3,(H,26,32)(H,27,33)/t17-,22+/m1/s1. The molecule has 2 aliphatic heterocycles. The molecule has 0 saturated carbocycles. The molecule has 35 heavy (non-hydrogen) atoms. The molecule has 1 saturated heterocycles. The molecule has 4 amide bonds. The summed E-state index contributed by atoms with van der Waals surface area (Å²) in [4.78, 5) is 44.1. The van der Waals surface area contributed by atoms with E-state index in [4.69, 9.17) is 9.47 Å². The zero-order chi connectivity index (χ0) is 25.5. The molecule has 0 aromatic heterocycles. The highest BCUT2D eigenvalue weighted by Gasteiger charge is 2.39. The second-order valence-electron chi connectivity index (χ2n) is 8.77. The number of piperazine rings is 1. The molecule has 0 aliphatic carbocycles. The van der Waals surface area contributed by atoms with Crippen molar-refractivity contribution in [2.75, 3.05) is 53.5 Å². The minimum absolute atomic E-state index is 0.0139. The first kappa shape index (κ1) is 26.3. The van der Waals surface area contributed by atoms with Gasteiger partial charge in [0.05, 0.1) is 25.3 Å². The van der Waals surface area contributed by atoms with Crippen LogP contribution >= 0.6 is 0 Å². The van der Waals surface area contributed by atoms with Gasteiger partial charge in [-0.2, -0.15) is 0 Å². The number of urea groups is 2. The maximum atomic E-state index is 13.2. The van der Waals surface area contributed by atoms with E-state index in [1.54, 1.807) is 27.1 Å². The first-order chi connectivity index (χ1) is 16.8. The molecule has 2 heterocycles. The van der Waals surface area contributed by atoms with E-state index in [-0.39, 0.29) is 24.7 Å². The molecule has 1 fully saturated rings. The Kier molecular flexibility index (Phi) is 8.97. The molecular weight excluding hydrogens is 450 g/mol. The lowest BCUT2D eigenvalue weighted by molar-refractivity contribution is -0.139. The van der Waals surface area contributed by atoms with Gasteiger partial charge in [0.25, 0.3) is 0 Å². The lowest BCUT2D eigenvalue weighted by Gasteiger charge is -2.42. The molecule has 0 radical (unpaired) electrons. The Labute approximate surface area is 207 Å². The van der Waals surface area contributed by atoms with Crippen LogP contribution in [0.5, 0.6) is 5.75 Å². The van der Waals surface area contributed by atoms with E-state index in [2.05, 4.69) is 15.5 Å². The number of ether oxygens (including phenoxy) is 2. The number of nitrogens with zero attached hydrogens (tertiary/aromatic N) is 3. The second kappa shape index (κ2) is 11.9. The Morgan fingerprint density at radius 2 is 1.94 bits per heavy atom. The van der Waals surface area contributed by atoms with Gasteiger partial charge in [0.15, 0.2) is 0 Å². The highest BCUT2D eigenvalue weighted by molar-refractivity contribution is 5.95. The molecule has 2 aliphatic rings. The number of para-hydroxylation sites is 1. The molecule has 2 N–H and O–H groups in total. The first-order valence-electron chi connectivity index (χ1n) is 12.2. The lowest BCUT2D eigenvalue weighted by Crippen LogP contribution is -2.58. The average molecular weight is 488 g/mol. The van der Waals surface area contributed by atoms with E-state index in [9.17, 15) is 14.4 Å². The van der Waals surface area contributed by atoms with Crippen LogP contribution in [-0.4, -0.2) is 92.3 Å². The first-order valence-corrected chi connectivity index (χ1v) is 12.2. The highest BCUT2D eigenvalue weighted by Crippen LogP contribution is 2.36. The number of esters is 1. The minimum Gasteiger partial charge on any atom is -0.496 e. The van der Waals surface area contributed by atoms with Crippen LogP contribution in [-0.2, 0) is 9.53 Å². The molecule has 0 spiro atoms. The van der Waals surface area contributed by atoms with Gasteiger partial charge in [0.1, 0.15) is 5.75 Å². The number of likely N-dealkylation sites (N-methyl/N-ethyl adjacent to an activating group) is 1. The van der Waals surface area contributed by atoms with Gasteiger partial charge < -0.3 is 25.0 Å². The van der Waals surface area contributed by atoms with E-state index in [1.807, 2.05) is 36.9 Å². The summed E-state index contributed by atoms with van der Waals surface area (Å²) in [6.07, 6.45) is 0.882. The number of hydrogen-bond acceptors (Lipinski definition) is 6. The van der Waals surface area contributed by atoms with Crippen molar-refractivity contribution in [3.63, 3.8) is 0 Å². The smallest absolute Gasteiger partial charge is 0.338 e. The summed E-state index contributed by atoms with van der Waals surface area (Å²) in [6.45, 7) is 8.82. The van der Waals surface area contributed by atoms with Crippen LogP contribution in [0.2, 0.25) is 0 Å². The Morgan fingerprint density at radius 1 is 1.20 bits per heavy atom. The van der Waals surface area contributed by atoms with E-state index >= 15 is 0 Å². The minimum atomic E-state index is -0.706. The summed E-state index contributed by atoms with van der Waals surface area (Å²) in [5, 5.41) is 5.87. The number of methoxy groups -OCH3 is 1. The molecule has 1 aromatic carbocycles. The maximum absolute atomic E-state index is 13.2. The van der Waals surface area contributed by atoms with Gasteiger partial charge in [-0.1, -0.05) is 25.1 Å². The third kappa shape index (κ3) is 5.87. The highest BCUT2D eigenvalue weighted by atomic mass is 16.5. The summed E-state index contributed by atoms with van der Waals surface area (Å²) in [6, 6.07) is 6.22.